The van der Waals surface area contributed by atoms with Crippen LogP contribution in [0.2, 0.25) is 0 Å². The minimum Gasteiger partial charge on any atom is -0.494 e. The maximum absolute atomic E-state index is 14.2. The molecule has 1 N–H and O–H groups in total. The second-order valence-electron chi connectivity index (χ2n) is 4.33. The lowest BCUT2D eigenvalue weighted by atomic mass is 9.96. The molecule has 1 unspecified atom stereocenters. The van der Waals surface area contributed by atoms with Crippen LogP contribution in [0, 0.1) is 11.6 Å². The van der Waals surface area contributed by atoms with Gasteiger partial charge in [0.15, 0.2) is 23.1 Å². The lowest BCUT2D eigenvalue weighted by Crippen LogP contribution is -2.28. The summed E-state index contributed by atoms with van der Waals surface area (Å²) in [6.45, 7) is 0.767. The van der Waals surface area contributed by atoms with E-state index in [-0.39, 0.29) is 23.1 Å². The first-order valence-electron chi connectivity index (χ1n) is 6.02. The molecule has 1 aromatic carbocycles. The topological polar surface area (TPSA) is 30.5 Å². The highest BCUT2D eigenvalue weighted by molar-refractivity contribution is 5.43. The lowest BCUT2D eigenvalue weighted by molar-refractivity contribution is 0.333. The van der Waals surface area contributed by atoms with Gasteiger partial charge in [0.2, 0.25) is 0 Å². The standard InChI is InChI=1S/C13H17F2NO2/c1-17-9-7-10(18-2)13(15)11(12(9)14)8-5-3-4-6-16-8/h7-8,16H,3-6H2,1-2H3. The second-order valence-corrected chi connectivity index (χ2v) is 4.33. The van der Waals surface area contributed by atoms with Crippen LogP contribution in [-0.2, 0) is 0 Å². The molecular formula is C13H17F2NO2. The largest absolute Gasteiger partial charge is 0.494 e. The molecule has 1 aliphatic heterocycles. The Kier molecular flexibility index (Phi) is 4.01. The zero-order valence-electron chi connectivity index (χ0n) is 10.6. The van der Waals surface area contributed by atoms with Crippen molar-refractivity contribution in [3.63, 3.8) is 0 Å². The van der Waals surface area contributed by atoms with Crippen LogP contribution in [0.4, 0.5) is 8.78 Å². The van der Waals surface area contributed by atoms with Gasteiger partial charge >= 0.3 is 0 Å². The molecular weight excluding hydrogens is 240 g/mol. The summed E-state index contributed by atoms with van der Waals surface area (Å²) in [5.41, 5.74) is 0.0194. The van der Waals surface area contributed by atoms with E-state index in [1.54, 1.807) is 0 Å². The molecule has 1 aromatic rings. The van der Waals surface area contributed by atoms with Crippen molar-refractivity contribution in [3.8, 4) is 11.5 Å². The number of hydrogen-bond donors (Lipinski definition) is 1. The van der Waals surface area contributed by atoms with Gasteiger partial charge in [-0.2, -0.15) is 0 Å². The van der Waals surface area contributed by atoms with Gasteiger partial charge in [0.1, 0.15) is 0 Å². The molecule has 0 spiro atoms. The van der Waals surface area contributed by atoms with E-state index in [2.05, 4.69) is 5.32 Å². The normalized spacial score (nSPS) is 19.7. The summed E-state index contributed by atoms with van der Waals surface area (Å²) >= 11 is 0. The molecule has 0 amide bonds. The number of methoxy groups -OCH3 is 2. The SMILES string of the molecule is COc1cc(OC)c(F)c(C2CCCCN2)c1F. The first-order valence-corrected chi connectivity index (χ1v) is 6.02. The van der Waals surface area contributed by atoms with Gasteiger partial charge in [0.05, 0.1) is 14.2 Å². The molecule has 1 aliphatic rings. The maximum atomic E-state index is 14.2. The third kappa shape index (κ3) is 2.27. The van der Waals surface area contributed by atoms with Crippen LogP contribution in [0.1, 0.15) is 30.9 Å². The minimum absolute atomic E-state index is 0.00984. The molecule has 0 aliphatic carbocycles. The number of ether oxygens (including phenoxy) is 2. The van der Waals surface area contributed by atoms with Crippen molar-refractivity contribution in [1.29, 1.82) is 0 Å². The number of halogens is 2. The van der Waals surface area contributed by atoms with Crippen molar-refractivity contribution < 1.29 is 18.3 Å². The van der Waals surface area contributed by atoms with Gasteiger partial charge in [-0.1, -0.05) is 6.42 Å². The van der Waals surface area contributed by atoms with Crippen molar-refractivity contribution in [2.75, 3.05) is 20.8 Å². The molecule has 0 bridgehead atoms. The second kappa shape index (κ2) is 5.52. The van der Waals surface area contributed by atoms with Gasteiger partial charge in [0, 0.05) is 17.7 Å². The number of piperidine rings is 1. The zero-order chi connectivity index (χ0) is 13.1. The van der Waals surface area contributed by atoms with E-state index in [9.17, 15) is 8.78 Å². The van der Waals surface area contributed by atoms with Crippen LogP contribution in [-0.4, -0.2) is 20.8 Å². The molecule has 0 aromatic heterocycles. The fourth-order valence-electron chi connectivity index (χ4n) is 2.31. The summed E-state index contributed by atoms with van der Waals surface area (Å²) in [4.78, 5) is 0. The Morgan fingerprint density at radius 2 is 1.72 bits per heavy atom. The van der Waals surface area contributed by atoms with Crippen LogP contribution >= 0.6 is 0 Å². The van der Waals surface area contributed by atoms with E-state index in [1.807, 2.05) is 0 Å². The first kappa shape index (κ1) is 13.1. The number of hydrogen-bond acceptors (Lipinski definition) is 3. The Balaban J connectivity index is 2.48. The Morgan fingerprint density at radius 3 is 2.17 bits per heavy atom. The molecule has 1 fully saturated rings. The fraction of sp³-hybridized carbons (Fsp3) is 0.538. The van der Waals surface area contributed by atoms with Crippen molar-refractivity contribution in [2.45, 2.75) is 25.3 Å². The van der Waals surface area contributed by atoms with E-state index < -0.39 is 11.6 Å². The van der Waals surface area contributed by atoms with Gasteiger partial charge in [-0.3, -0.25) is 0 Å². The van der Waals surface area contributed by atoms with E-state index in [4.69, 9.17) is 9.47 Å². The summed E-state index contributed by atoms with van der Waals surface area (Å²) in [5.74, 6) is -1.27. The monoisotopic (exact) mass is 257 g/mol. The van der Waals surface area contributed by atoms with Crippen molar-refractivity contribution in [2.24, 2.45) is 0 Å². The summed E-state index contributed by atoms with van der Waals surface area (Å²) in [6.07, 6.45) is 2.70. The zero-order valence-corrected chi connectivity index (χ0v) is 10.6. The van der Waals surface area contributed by atoms with Crippen LogP contribution in [0.5, 0.6) is 11.5 Å². The molecule has 2 rings (SSSR count). The predicted octanol–water partition coefficient (Wildman–Crippen LogP) is 2.80. The lowest BCUT2D eigenvalue weighted by Gasteiger charge is -2.25. The summed E-state index contributed by atoms with van der Waals surface area (Å²) in [6, 6.07) is 0.916. The van der Waals surface area contributed by atoms with Gasteiger partial charge in [0.25, 0.3) is 0 Å². The van der Waals surface area contributed by atoms with Crippen molar-refractivity contribution >= 4 is 0 Å². The molecule has 0 radical (unpaired) electrons. The number of nitrogens with one attached hydrogen (secondary N) is 1. The molecule has 100 valence electrons. The number of rotatable bonds is 3. The highest BCUT2D eigenvalue weighted by atomic mass is 19.1. The quantitative estimate of drug-likeness (QED) is 0.903. The maximum Gasteiger partial charge on any atom is 0.173 e. The van der Waals surface area contributed by atoms with E-state index in [0.29, 0.717) is 6.42 Å². The summed E-state index contributed by atoms with van der Waals surface area (Å²) in [7, 11) is 2.71. The van der Waals surface area contributed by atoms with Crippen molar-refractivity contribution in [1.82, 2.24) is 5.32 Å². The highest BCUT2D eigenvalue weighted by Crippen LogP contribution is 2.37. The van der Waals surface area contributed by atoms with Crippen LogP contribution in [0.25, 0.3) is 0 Å². The van der Waals surface area contributed by atoms with Gasteiger partial charge in [-0.05, 0) is 19.4 Å². The minimum atomic E-state index is -0.643. The van der Waals surface area contributed by atoms with Gasteiger partial charge in [-0.15, -0.1) is 0 Å². The molecule has 0 saturated carbocycles. The third-order valence-electron chi connectivity index (χ3n) is 3.27. The molecule has 1 atom stereocenters. The smallest absolute Gasteiger partial charge is 0.173 e. The third-order valence-corrected chi connectivity index (χ3v) is 3.27. The molecule has 1 saturated heterocycles. The van der Waals surface area contributed by atoms with E-state index in [0.717, 1.165) is 19.4 Å². The molecule has 1 heterocycles. The molecule has 5 heteroatoms. The van der Waals surface area contributed by atoms with Crippen LogP contribution in [0.15, 0.2) is 6.07 Å². The molecule has 3 nitrogen and oxygen atoms in total. The average molecular weight is 257 g/mol. The summed E-state index contributed by atoms with van der Waals surface area (Å²) < 4.78 is 38.2. The van der Waals surface area contributed by atoms with E-state index in [1.165, 1.54) is 20.3 Å². The average Bonchev–Trinajstić information content (AvgIpc) is 2.40. The van der Waals surface area contributed by atoms with E-state index >= 15 is 0 Å². The number of benzene rings is 1. The Labute approximate surface area is 105 Å². The Bertz CT molecular complexity index is 403. The van der Waals surface area contributed by atoms with Gasteiger partial charge in [-0.25, -0.2) is 8.78 Å². The van der Waals surface area contributed by atoms with Crippen LogP contribution in [0.3, 0.4) is 0 Å². The Hall–Kier alpha value is -1.36. The van der Waals surface area contributed by atoms with Crippen LogP contribution < -0.4 is 14.8 Å². The first-order chi connectivity index (χ1) is 8.69. The van der Waals surface area contributed by atoms with Gasteiger partial charge < -0.3 is 14.8 Å². The molecule has 18 heavy (non-hydrogen) atoms. The Morgan fingerprint density at radius 1 is 1.11 bits per heavy atom. The fourth-order valence-corrected chi connectivity index (χ4v) is 2.31. The van der Waals surface area contributed by atoms with Crippen molar-refractivity contribution in [3.05, 3.63) is 23.3 Å². The highest BCUT2D eigenvalue weighted by Gasteiger charge is 2.27. The summed E-state index contributed by atoms with van der Waals surface area (Å²) in [5, 5.41) is 3.13. The predicted molar refractivity (Wildman–Crippen MR) is 64.1 cm³/mol.